The Morgan fingerprint density at radius 3 is 2.28 bits per heavy atom. The number of hydrogen-bond donors (Lipinski definition) is 2. The van der Waals surface area contributed by atoms with Crippen molar-refractivity contribution in [3.63, 3.8) is 0 Å². The van der Waals surface area contributed by atoms with Crippen molar-refractivity contribution >= 4 is 27.5 Å². The number of rotatable bonds is 6. The van der Waals surface area contributed by atoms with Gasteiger partial charge in [0.1, 0.15) is 6.23 Å². The second-order valence-corrected chi connectivity index (χ2v) is 13.6. The topological polar surface area (TPSA) is 105 Å². The van der Waals surface area contributed by atoms with Gasteiger partial charge in [-0.3, -0.25) is 9.59 Å². The summed E-state index contributed by atoms with van der Waals surface area (Å²) in [5.41, 5.74) is 0.405. The molecule has 6 aliphatic rings. The monoisotopic (exact) mass is 513 g/mol. The van der Waals surface area contributed by atoms with Gasteiger partial charge in [-0.05, 0) is 105 Å². The van der Waals surface area contributed by atoms with Crippen molar-refractivity contribution < 1.29 is 22.7 Å². The van der Waals surface area contributed by atoms with Gasteiger partial charge >= 0.3 is 0 Å². The number of benzene rings is 1. The SMILES string of the molecule is C=CC(=O)NC1CC2CCN(S(=O)(=O)c3ccc(NC(=O)C45CC6CC(CC(C6)C4)C5)cc3)CC2O1. The van der Waals surface area contributed by atoms with Gasteiger partial charge in [0.15, 0.2) is 0 Å². The third-order valence-electron chi connectivity index (χ3n) is 9.27. The lowest BCUT2D eigenvalue weighted by Crippen LogP contribution is -2.51. The van der Waals surface area contributed by atoms with Crippen molar-refractivity contribution in [2.75, 3.05) is 18.4 Å². The van der Waals surface area contributed by atoms with Crippen molar-refractivity contribution in [2.45, 2.75) is 68.6 Å². The van der Waals surface area contributed by atoms with Crippen LogP contribution in [-0.4, -0.2) is 50.0 Å². The molecule has 2 saturated heterocycles. The number of fused-ring (bicyclic) bond motifs is 1. The zero-order valence-electron chi connectivity index (χ0n) is 20.5. The van der Waals surface area contributed by atoms with Crippen LogP contribution in [0.25, 0.3) is 0 Å². The average Bonchev–Trinajstić information content (AvgIpc) is 3.25. The Hall–Kier alpha value is -2.23. The predicted molar refractivity (Wildman–Crippen MR) is 134 cm³/mol. The summed E-state index contributed by atoms with van der Waals surface area (Å²) in [6.45, 7) is 4.13. The summed E-state index contributed by atoms with van der Waals surface area (Å²) in [7, 11) is -3.69. The molecular weight excluding hydrogens is 478 g/mol. The van der Waals surface area contributed by atoms with Crippen LogP contribution in [0.15, 0.2) is 41.8 Å². The molecule has 4 saturated carbocycles. The molecule has 2 aliphatic heterocycles. The van der Waals surface area contributed by atoms with E-state index < -0.39 is 16.3 Å². The fourth-order valence-electron chi connectivity index (χ4n) is 7.94. The van der Waals surface area contributed by atoms with Gasteiger partial charge in [0, 0.05) is 18.8 Å². The van der Waals surface area contributed by atoms with E-state index in [-0.39, 0.29) is 40.7 Å². The molecule has 3 unspecified atom stereocenters. The normalized spacial score (nSPS) is 37.3. The molecular formula is C27H35N3O5S. The number of nitrogens with one attached hydrogen (secondary N) is 2. The number of carbonyl (C=O) groups is 2. The summed E-state index contributed by atoms with van der Waals surface area (Å²) < 4.78 is 34.1. The van der Waals surface area contributed by atoms with Crippen molar-refractivity contribution in [2.24, 2.45) is 29.1 Å². The summed E-state index contributed by atoms with van der Waals surface area (Å²) in [4.78, 5) is 25.1. The number of amides is 2. The molecule has 4 bridgehead atoms. The van der Waals surface area contributed by atoms with Gasteiger partial charge in [0.25, 0.3) is 0 Å². The van der Waals surface area contributed by atoms with Crippen LogP contribution < -0.4 is 10.6 Å². The van der Waals surface area contributed by atoms with Crippen molar-refractivity contribution in [1.82, 2.24) is 9.62 Å². The zero-order chi connectivity index (χ0) is 25.1. The van der Waals surface area contributed by atoms with E-state index in [0.29, 0.717) is 42.8 Å². The maximum Gasteiger partial charge on any atom is 0.245 e. The molecule has 0 radical (unpaired) electrons. The summed E-state index contributed by atoms with van der Waals surface area (Å²) in [5.74, 6) is 2.10. The van der Waals surface area contributed by atoms with E-state index in [9.17, 15) is 18.0 Å². The van der Waals surface area contributed by atoms with Crippen molar-refractivity contribution in [3.05, 3.63) is 36.9 Å². The van der Waals surface area contributed by atoms with Crippen molar-refractivity contribution in [3.8, 4) is 0 Å². The molecule has 9 heteroatoms. The van der Waals surface area contributed by atoms with Gasteiger partial charge in [0.2, 0.25) is 21.8 Å². The van der Waals surface area contributed by atoms with Crippen LogP contribution in [0.5, 0.6) is 0 Å². The second kappa shape index (κ2) is 8.96. The molecule has 8 nitrogen and oxygen atoms in total. The number of hydrogen-bond acceptors (Lipinski definition) is 5. The average molecular weight is 514 g/mol. The molecule has 0 aromatic heterocycles. The highest BCUT2D eigenvalue weighted by Gasteiger charge is 2.54. The summed E-state index contributed by atoms with van der Waals surface area (Å²) >= 11 is 0. The minimum absolute atomic E-state index is 0.107. The molecule has 2 N–H and O–H groups in total. The number of nitrogens with zero attached hydrogens (tertiary/aromatic N) is 1. The lowest BCUT2D eigenvalue weighted by Gasteiger charge is -2.55. The first-order valence-corrected chi connectivity index (χ1v) is 14.7. The van der Waals surface area contributed by atoms with Crippen molar-refractivity contribution in [1.29, 1.82) is 0 Å². The Labute approximate surface area is 212 Å². The molecule has 0 spiro atoms. The molecule has 6 fully saturated rings. The molecule has 2 amide bonds. The van der Waals surface area contributed by atoms with Crippen LogP contribution in [-0.2, 0) is 24.3 Å². The molecule has 4 aliphatic carbocycles. The fraction of sp³-hybridized carbons (Fsp3) is 0.630. The molecule has 3 atom stereocenters. The molecule has 1 aromatic rings. The third-order valence-corrected chi connectivity index (χ3v) is 11.2. The van der Waals surface area contributed by atoms with E-state index in [2.05, 4.69) is 17.2 Å². The highest BCUT2D eigenvalue weighted by Crippen LogP contribution is 2.60. The first-order valence-electron chi connectivity index (χ1n) is 13.2. The molecule has 7 rings (SSSR count). The molecule has 194 valence electrons. The van der Waals surface area contributed by atoms with E-state index in [1.165, 1.54) is 29.6 Å². The highest BCUT2D eigenvalue weighted by atomic mass is 32.2. The number of piperidine rings is 1. The summed E-state index contributed by atoms with van der Waals surface area (Å²) in [6, 6.07) is 6.56. The Kier molecular flexibility index (Phi) is 6.00. The maximum atomic E-state index is 13.3. The lowest BCUT2D eigenvalue weighted by atomic mass is 9.49. The second-order valence-electron chi connectivity index (χ2n) is 11.7. The molecule has 1 aromatic carbocycles. The summed E-state index contributed by atoms with van der Waals surface area (Å²) in [5, 5.41) is 5.86. The van der Waals surface area contributed by atoms with E-state index >= 15 is 0 Å². The minimum atomic E-state index is -3.69. The Morgan fingerprint density at radius 1 is 1.03 bits per heavy atom. The van der Waals surface area contributed by atoms with E-state index in [0.717, 1.165) is 19.3 Å². The van der Waals surface area contributed by atoms with Crippen LogP contribution in [0.4, 0.5) is 5.69 Å². The first-order chi connectivity index (χ1) is 17.2. The smallest absolute Gasteiger partial charge is 0.245 e. The quantitative estimate of drug-likeness (QED) is 0.568. The van der Waals surface area contributed by atoms with Crippen LogP contribution >= 0.6 is 0 Å². The Morgan fingerprint density at radius 2 is 1.67 bits per heavy atom. The predicted octanol–water partition coefficient (Wildman–Crippen LogP) is 3.27. The first kappa shape index (κ1) is 24.1. The van der Waals surface area contributed by atoms with Gasteiger partial charge in [-0.15, -0.1) is 0 Å². The van der Waals surface area contributed by atoms with Gasteiger partial charge in [-0.1, -0.05) is 6.58 Å². The number of sulfonamides is 1. The van der Waals surface area contributed by atoms with E-state index in [1.807, 2.05) is 0 Å². The third kappa shape index (κ3) is 4.29. The number of carbonyl (C=O) groups excluding carboxylic acids is 2. The minimum Gasteiger partial charge on any atom is -0.354 e. The zero-order valence-corrected chi connectivity index (χ0v) is 21.3. The maximum absolute atomic E-state index is 13.3. The van der Waals surface area contributed by atoms with E-state index in [4.69, 9.17) is 4.74 Å². The molecule has 36 heavy (non-hydrogen) atoms. The Balaban J connectivity index is 1.09. The van der Waals surface area contributed by atoms with Gasteiger partial charge in [0.05, 0.1) is 16.4 Å². The van der Waals surface area contributed by atoms with Crippen LogP contribution in [0, 0.1) is 29.1 Å². The van der Waals surface area contributed by atoms with Gasteiger partial charge in [-0.25, -0.2) is 8.42 Å². The molecule has 2 heterocycles. The van der Waals surface area contributed by atoms with Gasteiger partial charge in [-0.2, -0.15) is 4.31 Å². The standard InChI is InChI=1S/C27H35N3O5S/c1-2-24(31)29-25-12-20-7-8-30(16-23(20)35-25)36(33,34)22-5-3-21(4-6-22)28-26(32)27-13-17-9-18(14-27)11-19(10-17)15-27/h2-6,17-20,23,25H,1,7-16H2,(H,28,32)(H,29,31). The largest absolute Gasteiger partial charge is 0.354 e. The number of anilines is 1. The summed E-state index contributed by atoms with van der Waals surface area (Å²) in [6.07, 6.45) is 8.74. The van der Waals surface area contributed by atoms with Crippen LogP contribution in [0.2, 0.25) is 0 Å². The van der Waals surface area contributed by atoms with Crippen LogP contribution in [0.1, 0.15) is 51.4 Å². The van der Waals surface area contributed by atoms with Crippen LogP contribution in [0.3, 0.4) is 0 Å². The lowest BCUT2D eigenvalue weighted by molar-refractivity contribution is -0.140. The van der Waals surface area contributed by atoms with E-state index in [1.54, 1.807) is 24.3 Å². The number of ether oxygens (including phenoxy) is 1. The van der Waals surface area contributed by atoms with Gasteiger partial charge < -0.3 is 15.4 Å². The highest BCUT2D eigenvalue weighted by molar-refractivity contribution is 7.89. The fourth-order valence-corrected chi connectivity index (χ4v) is 9.41. The Bertz CT molecular complexity index is 1130.